The number of para-hydroxylation sites is 1. The van der Waals surface area contributed by atoms with E-state index in [1.165, 1.54) is 17.5 Å². The van der Waals surface area contributed by atoms with Crippen molar-refractivity contribution in [1.29, 1.82) is 0 Å². The predicted octanol–water partition coefficient (Wildman–Crippen LogP) is 4.61. The lowest BCUT2D eigenvalue weighted by atomic mass is 10.1. The Labute approximate surface area is 151 Å². The smallest absolute Gasteiger partial charge is 0.271 e. The van der Waals surface area contributed by atoms with E-state index < -0.39 is 10.0 Å². The van der Waals surface area contributed by atoms with Crippen LogP contribution in [0.1, 0.15) is 16.0 Å². The molecule has 0 atom stereocenters. The lowest BCUT2D eigenvalue weighted by Crippen LogP contribution is -2.11. The molecule has 2 N–H and O–H groups in total. The highest BCUT2D eigenvalue weighted by molar-refractivity contribution is 7.94. The Morgan fingerprint density at radius 3 is 2.24 bits per heavy atom. The molecule has 2 aromatic heterocycles. The molecule has 5 nitrogen and oxygen atoms in total. The first kappa shape index (κ1) is 17.4. The molecule has 3 rings (SSSR count). The van der Waals surface area contributed by atoms with Crippen molar-refractivity contribution in [2.24, 2.45) is 0 Å². The average molecular weight is 374 g/mol. The van der Waals surface area contributed by atoms with Gasteiger partial charge in [-0.3, -0.25) is 4.72 Å². The van der Waals surface area contributed by atoms with Gasteiger partial charge in [0.05, 0.1) is 11.9 Å². The highest BCUT2D eigenvalue weighted by atomic mass is 32.2. The van der Waals surface area contributed by atoms with Crippen LogP contribution in [0, 0.1) is 20.8 Å². The van der Waals surface area contributed by atoms with Crippen LogP contribution in [0.25, 0.3) is 0 Å². The molecule has 0 unspecified atom stereocenters. The summed E-state index contributed by atoms with van der Waals surface area (Å²) in [6, 6.07) is 12.9. The molecule has 0 aliphatic heterocycles. The molecule has 7 heteroatoms. The van der Waals surface area contributed by atoms with E-state index in [0.717, 1.165) is 21.7 Å². The number of aromatic nitrogens is 1. The van der Waals surface area contributed by atoms with Crippen LogP contribution in [-0.2, 0) is 10.0 Å². The molecule has 0 aliphatic rings. The zero-order chi connectivity index (χ0) is 18.0. The van der Waals surface area contributed by atoms with Crippen molar-refractivity contribution >= 4 is 38.6 Å². The Balaban J connectivity index is 1.77. The summed E-state index contributed by atoms with van der Waals surface area (Å²) in [5.41, 5.74) is 3.69. The zero-order valence-corrected chi connectivity index (χ0v) is 15.8. The van der Waals surface area contributed by atoms with Gasteiger partial charge in [-0.15, -0.1) is 11.3 Å². The highest BCUT2D eigenvalue weighted by Gasteiger charge is 2.16. The molecule has 3 aromatic rings. The summed E-state index contributed by atoms with van der Waals surface area (Å²) < 4.78 is 27.5. The lowest BCUT2D eigenvalue weighted by Gasteiger charge is -2.12. The van der Waals surface area contributed by atoms with Crippen molar-refractivity contribution in [3.05, 3.63) is 64.7 Å². The van der Waals surface area contributed by atoms with E-state index in [1.54, 1.807) is 24.3 Å². The summed E-state index contributed by atoms with van der Waals surface area (Å²) >= 11 is 1.24. The van der Waals surface area contributed by atoms with Crippen molar-refractivity contribution in [2.45, 2.75) is 25.0 Å². The Bertz CT molecular complexity index is 973. The van der Waals surface area contributed by atoms with E-state index >= 15 is 0 Å². The van der Waals surface area contributed by atoms with Crippen LogP contribution in [0.3, 0.4) is 0 Å². The van der Waals surface area contributed by atoms with Gasteiger partial charge in [0.1, 0.15) is 10.0 Å². The normalized spacial score (nSPS) is 11.3. The summed E-state index contributed by atoms with van der Waals surface area (Å²) in [6.07, 6.45) is 1.51. The van der Waals surface area contributed by atoms with Gasteiger partial charge in [0.2, 0.25) is 0 Å². The second-order valence-electron chi connectivity index (χ2n) is 5.79. The Morgan fingerprint density at radius 1 is 0.960 bits per heavy atom. The number of nitrogens with zero attached hydrogens (tertiary/aromatic N) is 1. The van der Waals surface area contributed by atoms with Gasteiger partial charge in [-0.2, -0.15) is 0 Å². The molecule has 0 bridgehead atoms. The number of hydrogen-bond acceptors (Lipinski definition) is 5. The van der Waals surface area contributed by atoms with Crippen LogP contribution in [-0.4, -0.2) is 13.4 Å². The topological polar surface area (TPSA) is 71.1 Å². The van der Waals surface area contributed by atoms with Crippen LogP contribution in [0.5, 0.6) is 0 Å². The van der Waals surface area contributed by atoms with Gasteiger partial charge in [0.25, 0.3) is 10.0 Å². The number of pyridine rings is 1. The summed E-state index contributed by atoms with van der Waals surface area (Å²) in [7, 11) is -3.57. The standard InChI is InChI=1S/C18H19N3O2S2/c1-12-5-4-6-13(2)18(12)20-16-9-8-15(11-19-16)21-25(22,23)17-10-7-14(3)24-17/h4-11,21H,1-3H3,(H,19,20). The fourth-order valence-electron chi connectivity index (χ4n) is 2.43. The minimum atomic E-state index is -3.57. The minimum Gasteiger partial charge on any atom is -0.340 e. The summed E-state index contributed by atoms with van der Waals surface area (Å²) in [4.78, 5) is 5.26. The number of thiophene rings is 1. The van der Waals surface area contributed by atoms with Gasteiger partial charge >= 0.3 is 0 Å². The van der Waals surface area contributed by atoms with Crippen LogP contribution in [0.4, 0.5) is 17.2 Å². The van der Waals surface area contributed by atoms with Gasteiger partial charge in [0.15, 0.2) is 0 Å². The Hall–Kier alpha value is -2.38. The van der Waals surface area contributed by atoms with E-state index in [1.807, 2.05) is 39.0 Å². The Morgan fingerprint density at radius 2 is 1.68 bits per heavy atom. The fourth-order valence-corrected chi connectivity index (χ4v) is 4.76. The molecule has 0 radical (unpaired) electrons. The summed E-state index contributed by atoms with van der Waals surface area (Å²) in [6.45, 7) is 5.93. The van der Waals surface area contributed by atoms with Gasteiger partial charge in [-0.25, -0.2) is 13.4 Å². The number of nitrogens with one attached hydrogen (secondary N) is 2. The molecule has 25 heavy (non-hydrogen) atoms. The van der Waals surface area contributed by atoms with Gasteiger partial charge in [0, 0.05) is 10.6 Å². The van der Waals surface area contributed by atoms with E-state index in [0.29, 0.717) is 15.7 Å². The second kappa shape index (κ2) is 6.85. The van der Waals surface area contributed by atoms with E-state index in [2.05, 4.69) is 15.0 Å². The van der Waals surface area contributed by atoms with Crippen molar-refractivity contribution in [3.8, 4) is 0 Å². The van der Waals surface area contributed by atoms with Crippen LogP contribution >= 0.6 is 11.3 Å². The molecule has 1 aromatic carbocycles. The SMILES string of the molecule is Cc1ccc(S(=O)(=O)Nc2ccc(Nc3c(C)cccc3C)nc2)s1. The van der Waals surface area contributed by atoms with Crippen molar-refractivity contribution in [2.75, 3.05) is 10.0 Å². The van der Waals surface area contributed by atoms with Crippen molar-refractivity contribution in [3.63, 3.8) is 0 Å². The number of hydrogen-bond donors (Lipinski definition) is 2. The fraction of sp³-hybridized carbons (Fsp3) is 0.167. The first-order chi connectivity index (χ1) is 11.8. The van der Waals surface area contributed by atoms with Gasteiger partial charge < -0.3 is 5.32 Å². The molecule has 0 saturated carbocycles. The molecular formula is C18H19N3O2S2. The maximum Gasteiger partial charge on any atom is 0.271 e. The molecule has 0 fully saturated rings. The number of rotatable bonds is 5. The third kappa shape index (κ3) is 4.00. The molecule has 130 valence electrons. The first-order valence-electron chi connectivity index (χ1n) is 7.74. The maximum absolute atomic E-state index is 12.3. The second-order valence-corrected chi connectivity index (χ2v) is 8.99. The predicted molar refractivity (Wildman–Crippen MR) is 103 cm³/mol. The third-order valence-electron chi connectivity index (χ3n) is 3.73. The van der Waals surface area contributed by atoms with Crippen molar-refractivity contribution in [1.82, 2.24) is 4.98 Å². The third-order valence-corrected chi connectivity index (χ3v) is 6.60. The molecular weight excluding hydrogens is 354 g/mol. The summed E-state index contributed by atoms with van der Waals surface area (Å²) in [5.74, 6) is 0.660. The number of aryl methyl sites for hydroxylation is 3. The van der Waals surface area contributed by atoms with Crippen molar-refractivity contribution < 1.29 is 8.42 Å². The molecule has 0 aliphatic carbocycles. The molecule has 0 amide bonds. The number of sulfonamides is 1. The monoisotopic (exact) mass is 373 g/mol. The molecule has 0 saturated heterocycles. The first-order valence-corrected chi connectivity index (χ1v) is 10.0. The van der Waals surface area contributed by atoms with E-state index in [-0.39, 0.29) is 0 Å². The highest BCUT2D eigenvalue weighted by Crippen LogP contribution is 2.25. The van der Waals surface area contributed by atoms with Gasteiger partial charge in [-0.05, 0) is 56.2 Å². The number of benzene rings is 1. The van der Waals surface area contributed by atoms with Crippen LogP contribution in [0.15, 0.2) is 52.9 Å². The van der Waals surface area contributed by atoms with Crippen LogP contribution in [0.2, 0.25) is 0 Å². The molecule has 2 heterocycles. The minimum absolute atomic E-state index is 0.294. The summed E-state index contributed by atoms with van der Waals surface area (Å²) in [5, 5.41) is 3.28. The Kier molecular flexibility index (Phi) is 4.78. The largest absolute Gasteiger partial charge is 0.340 e. The lowest BCUT2D eigenvalue weighted by molar-refractivity contribution is 0.603. The number of anilines is 3. The van der Waals surface area contributed by atoms with E-state index in [9.17, 15) is 8.42 Å². The van der Waals surface area contributed by atoms with Gasteiger partial charge in [-0.1, -0.05) is 18.2 Å². The maximum atomic E-state index is 12.3. The van der Waals surface area contributed by atoms with E-state index in [4.69, 9.17) is 0 Å². The quantitative estimate of drug-likeness (QED) is 0.685. The average Bonchev–Trinajstić information content (AvgIpc) is 3.00. The zero-order valence-electron chi connectivity index (χ0n) is 14.2. The molecule has 0 spiro atoms. The van der Waals surface area contributed by atoms with Crippen LogP contribution < -0.4 is 10.0 Å².